The highest BCUT2D eigenvalue weighted by atomic mass is 16.2. The van der Waals surface area contributed by atoms with Crippen LogP contribution >= 0.6 is 0 Å². The van der Waals surface area contributed by atoms with E-state index in [1.807, 2.05) is 4.90 Å². The second-order valence-electron chi connectivity index (χ2n) is 8.73. The van der Waals surface area contributed by atoms with E-state index in [1.165, 1.54) is 17.7 Å². The van der Waals surface area contributed by atoms with E-state index in [1.54, 1.807) is 0 Å². The second-order valence-corrected chi connectivity index (χ2v) is 8.73. The minimum Gasteiger partial charge on any atom is -0.335 e. The molecule has 1 heterocycles. The maximum absolute atomic E-state index is 13.0. The third-order valence-electron chi connectivity index (χ3n) is 7.02. The summed E-state index contributed by atoms with van der Waals surface area (Å²) in [5, 5.41) is 2.94. The summed E-state index contributed by atoms with van der Waals surface area (Å²) in [6.45, 7) is 2.09. The van der Waals surface area contributed by atoms with Crippen LogP contribution in [0.1, 0.15) is 77.6 Å². The molecule has 1 spiro atoms. The molecule has 6 heteroatoms. The maximum atomic E-state index is 13.0. The van der Waals surface area contributed by atoms with Crippen molar-refractivity contribution >= 4 is 17.8 Å². The van der Waals surface area contributed by atoms with E-state index >= 15 is 0 Å². The van der Waals surface area contributed by atoms with Gasteiger partial charge in [-0.2, -0.15) is 0 Å². The normalized spacial score (nSPS) is 32.3. The van der Waals surface area contributed by atoms with Crippen LogP contribution in [0.25, 0.3) is 0 Å². The molecule has 0 unspecified atom stereocenters. The summed E-state index contributed by atoms with van der Waals surface area (Å²) >= 11 is 0. The fourth-order valence-corrected chi connectivity index (χ4v) is 5.19. The van der Waals surface area contributed by atoms with Crippen LogP contribution in [0.5, 0.6) is 0 Å². The summed E-state index contributed by atoms with van der Waals surface area (Å²) in [6, 6.07) is 0.269. The fourth-order valence-electron chi connectivity index (χ4n) is 5.19. The molecule has 0 atom stereocenters. The SMILES string of the molecule is CCC1CCC2(CC1)NC(=O)N(CC(=O)N(C1CCCC1)C1CC1)C2=O. The topological polar surface area (TPSA) is 69.7 Å². The Morgan fingerprint density at radius 3 is 2.27 bits per heavy atom. The molecule has 3 aliphatic carbocycles. The van der Waals surface area contributed by atoms with Crippen LogP contribution in [-0.4, -0.2) is 51.8 Å². The highest BCUT2D eigenvalue weighted by Crippen LogP contribution is 2.38. The third-order valence-corrected chi connectivity index (χ3v) is 7.02. The molecule has 144 valence electrons. The van der Waals surface area contributed by atoms with E-state index < -0.39 is 5.54 Å². The number of nitrogens with one attached hydrogen (secondary N) is 1. The average molecular weight is 361 g/mol. The van der Waals surface area contributed by atoms with Crippen molar-refractivity contribution in [1.29, 1.82) is 0 Å². The average Bonchev–Trinajstić information content (AvgIpc) is 3.27. The van der Waals surface area contributed by atoms with Crippen LogP contribution < -0.4 is 5.32 Å². The molecule has 0 aromatic rings. The van der Waals surface area contributed by atoms with Crippen LogP contribution in [-0.2, 0) is 9.59 Å². The van der Waals surface area contributed by atoms with Gasteiger partial charge in [-0.15, -0.1) is 0 Å². The first kappa shape index (κ1) is 17.8. The van der Waals surface area contributed by atoms with Crippen molar-refractivity contribution in [3.63, 3.8) is 0 Å². The molecule has 1 saturated heterocycles. The van der Waals surface area contributed by atoms with E-state index in [0.717, 1.165) is 44.9 Å². The van der Waals surface area contributed by atoms with Gasteiger partial charge in [0.2, 0.25) is 5.91 Å². The Morgan fingerprint density at radius 2 is 1.69 bits per heavy atom. The Balaban J connectivity index is 1.43. The first-order valence-electron chi connectivity index (χ1n) is 10.5. The molecule has 0 aromatic heterocycles. The minimum atomic E-state index is -0.749. The number of carbonyl (C=O) groups excluding carboxylic acids is 3. The van der Waals surface area contributed by atoms with Crippen molar-refractivity contribution in [1.82, 2.24) is 15.1 Å². The van der Waals surface area contributed by atoms with Crippen LogP contribution in [0.15, 0.2) is 0 Å². The van der Waals surface area contributed by atoms with Crippen LogP contribution in [0.4, 0.5) is 4.79 Å². The lowest BCUT2D eigenvalue weighted by Gasteiger charge is -2.35. The summed E-state index contributed by atoms with van der Waals surface area (Å²) in [7, 11) is 0. The Hall–Kier alpha value is -1.59. The van der Waals surface area contributed by atoms with E-state index in [4.69, 9.17) is 0 Å². The molecule has 1 aliphatic heterocycles. The number of rotatable bonds is 5. The van der Waals surface area contributed by atoms with Crippen LogP contribution in [0, 0.1) is 5.92 Å². The van der Waals surface area contributed by atoms with Crippen molar-refractivity contribution in [2.45, 2.75) is 95.2 Å². The van der Waals surface area contributed by atoms with Crippen molar-refractivity contribution in [2.75, 3.05) is 6.54 Å². The predicted molar refractivity (Wildman–Crippen MR) is 97.3 cm³/mol. The third kappa shape index (κ3) is 3.12. The quantitative estimate of drug-likeness (QED) is 0.766. The first-order valence-corrected chi connectivity index (χ1v) is 10.5. The number of imide groups is 1. The Morgan fingerprint density at radius 1 is 1.08 bits per heavy atom. The minimum absolute atomic E-state index is 0.0396. The van der Waals surface area contributed by atoms with Gasteiger partial charge in [-0.1, -0.05) is 26.2 Å². The van der Waals surface area contributed by atoms with Crippen molar-refractivity contribution in [3.05, 3.63) is 0 Å². The Bertz CT molecular complexity index is 587. The fraction of sp³-hybridized carbons (Fsp3) is 0.850. The molecule has 4 fully saturated rings. The first-order chi connectivity index (χ1) is 12.5. The lowest BCUT2D eigenvalue weighted by molar-refractivity contribution is -0.141. The van der Waals surface area contributed by atoms with Gasteiger partial charge in [0.15, 0.2) is 0 Å². The summed E-state index contributed by atoms with van der Waals surface area (Å²) in [5.74, 6) is 0.434. The summed E-state index contributed by atoms with van der Waals surface area (Å²) in [5.41, 5.74) is -0.749. The molecule has 0 aromatic carbocycles. The molecule has 4 aliphatic rings. The van der Waals surface area contributed by atoms with Gasteiger partial charge in [0, 0.05) is 12.1 Å². The largest absolute Gasteiger partial charge is 0.335 e. The zero-order chi connectivity index (χ0) is 18.3. The van der Waals surface area contributed by atoms with Gasteiger partial charge in [-0.25, -0.2) is 4.79 Å². The van der Waals surface area contributed by atoms with E-state index in [2.05, 4.69) is 12.2 Å². The molecule has 4 amide bonds. The molecule has 3 saturated carbocycles. The summed E-state index contributed by atoms with van der Waals surface area (Å²) in [6.07, 6.45) is 11.1. The van der Waals surface area contributed by atoms with E-state index in [0.29, 0.717) is 30.8 Å². The summed E-state index contributed by atoms with van der Waals surface area (Å²) < 4.78 is 0. The monoisotopic (exact) mass is 361 g/mol. The van der Waals surface area contributed by atoms with Gasteiger partial charge in [0.05, 0.1) is 0 Å². The molecule has 0 radical (unpaired) electrons. The molecule has 6 nitrogen and oxygen atoms in total. The van der Waals surface area contributed by atoms with Gasteiger partial charge < -0.3 is 10.2 Å². The van der Waals surface area contributed by atoms with Crippen molar-refractivity contribution < 1.29 is 14.4 Å². The lowest BCUT2D eigenvalue weighted by Crippen LogP contribution is -2.51. The number of hydrogen-bond donors (Lipinski definition) is 1. The van der Waals surface area contributed by atoms with Gasteiger partial charge in [0.25, 0.3) is 5.91 Å². The molecule has 4 rings (SSSR count). The van der Waals surface area contributed by atoms with Crippen molar-refractivity contribution in [2.24, 2.45) is 5.92 Å². The van der Waals surface area contributed by atoms with Crippen LogP contribution in [0.2, 0.25) is 0 Å². The number of carbonyl (C=O) groups is 3. The second kappa shape index (κ2) is 6.86. The summed E-state index contributed by atoms with van der Waals surface area (Å²) in [4.78, 5) is 41.7. The molecule has 26 heavy (non-hydrogen) atoms. The van der Waals surface area contributed by atoms with Gasteiger partial charge in [-0.3, -0.25) is 14.5 Å². The molecule has 0 bridgehead atoms. The Labute approximate surface area is 155 Å². The van der Waals surface area contributed by atoms with Gasteiger partial charge in [-0.05, 0) is 57.3 Å². The highest BCUT2D eigenvalue weighted by Gasteiger charge is 2.53. The number of hydrogen-bond acceptors (Lipinski definition) is 3. The van der Waals surface area contributed by atoms with Crippen LogP contribution in [0.3, 0.4) is 0 Å². The molecular weight excluding hydrogens is 330 g/mol. The number of amides is 4. The van der Waals surface area contributed by atoms with Crippen molar-refractivity contribution in [3.8, 4) is 0 Å². The lowest BCUT2D eigenvalue weighted by atomic mass is 9.75. The van der Waals surface area contributed by atoms with Gasteiger partial charge in [0.1, 0.15) is 12.1 Å². The molecular formula is C20H31N3O3. The van der Waals surface area contributed by atoms with Gasteiger partial charge >= 0.3 is 6.03 Å². The standard InChI is InChI=1S/C20H31N3O3/c1-2-14-9-11-20(12-10-14)18(25)22(19(26)21-20)13-17(24)23(16-7-8-16)15-5-3-4-6-15/h14-16H,2-13H2,1H3,(H,21,26). The Kier molecular flexibility index (Phi) is 4.70. The zero-order valence-corrected chi connectivity index (χ0v) is 15.8. The number of urea groups is 1. The van der Waals surface area contributed by atoms with E-state index in [9.17, 15) is 14.4 Å². The smallest absolute Gasteiger partial charge is 0.325 e. The van der Waals surface area contributed by atoms with E-state index in [-0.39, 0.29) is 24.4 Å². The predicted octanol–water partition coefficient (Wildman–Crippen LogP) is 2.81. The highest BCUT2D eigenvalue weighted by molar-refractivity contribution is 6.09. The maximum Gasteiger partial charge on any atom is 0.325 e. The molecule has 1 N–H and O–H groups in total. The number of nitrogens with zero attached hydrogens (tertiary/aromatic N) is 2. The zero-order valence-electron chi connectivity index (χ0n) is 15.8.